The van der Waals surface area contributed by atoms with Crippen LogP contribution in [-0.2, 0) is 19.1 Å². The van der Waals surface area contributed by atoms with E-state index in [0.29, 0.717) is 48.7 Å². The molecule has 2 aromatic carbocycles. The first-order chi connectivity index (χ1) is 28.1. The summed E-state index contributed by atoms with van der Waals surface area (Å²) in [5.74, 6) is 0.661. The average molecular weight is 819 g/mol. The van der Waals surface area contributed by atoms with Crippen molar-refractivity contribution in [3.05, 3.63) is 119 Å². The number of primary amides is 2. The SMILES string of the molecule is Cc1c(-c2cnc(C3CCCN3C(=O)[C@H](OC(N)=O)c3ccccc3)[nH]2)sc(-c2ccc(-c3cnc(C4CCCN4C(=O)[C@H](OC(N)=O)c4ccccc4)[nH]3)s2)c1C. The zero-order valence-corrected chi connectivity index (χ0v) is 33.5. The molecule has 4 atom stereocenters. The van der Waals surface area contributed by atoms with Crippen LogP contribution in [0.3, 0.4) is 0 Å². The Hall–Kier alpha value is -6.26. The van der Waals surface area contributed by atoms with Crippen LogP contribution in [-0.4, -0.2) is 66.8 Å². The van der Waals surface area contributed by atoms with Crippen molar-refractivity contribution in [3.8, 4) is 30.9 Å². The molecule has 2 fully saturated rings. The van der Waals surface area contributed by atoms with E-state index in [0.717, 1.165) is 54.9 Å². The molecule has 14 nitrogen and oxygen atoms in total. The molecule has 6 N–H and O–H groups in total. The third kappa shape index (κ3) is 7.59. The molecule has 0 spiro atoms. The monoisotopic (exact) mass is 818 g/mol. The third-order valence-electron chi connectivity index (χ3n) is 10.8. The molecule has 16 heteroatoms. The number of carbonyl (C=O) groups is 4. The quantitative estimate of drug-likeness (QED) is 0.101. The normalized spacial score (nSPS) is 17.6. The van der Waals surface area contributed by atoms with Crippen molar-refractivity contribution in [2.45, 2.75) is 63.8 Å². The Kier molecular flexibility index (Phi) is 10.9. The second-order valence-electron chi connectivity index (χ2n) is 14.4. The molecule has 0 saturated carbocycles. The maximum atomic E-state index is 13.8. The number of amides is 4. The van der Waals surface area contributed by atoms with Gasteiger partial charge in [-0.3, -0.25) is 9.59 Å². The van der Waals surface area contributed by atoms with Gasteiger partial charge in [-0.15, -0.1) is 22.7 Å². The van der Waals surface area contributed by atoms with E-state index in [1.165, 1.54) is 0 Å². The molecule has 8 rings (SSSR count). The summed E-state index contributed by atoms with van der Waals surface area (Å²) >= 11 is 3.33. The van der Waals surface area contributed by atoms with Crippen LogP contribution in [0.2, 0.25) is 0 Å². The number of carbonyl (C=O) groups excluding carboxylic acids is 4. The second-order valence-corrected chi connectivity index (χ2v) is 16.5. The Morgan fingerprint density at radius 2 is 1.12 bits per heavy atom. The number of likely N-dealkylation sites (tertiary alicyclic amines) is 2. The Morgan fingerprint density at radius 3 is 1.64 bits per heavy atom. The summed E-state index contributed by atoms with van der Waals surface area (Å²) in [4.78, 5) is 75.4. The molecule has 58 heavy (non-hydrogen) atoms. The van der Waals surface area contributed by atoms with Crippen LogP contribution in [0.1, 0.15) is 83.9 Å². The number of benzene rings is 2. The van der Waals surface area contributed by atoms with Gasteiger partial charge >= 0.3 is 12.2 Å². The second kappa shape index (κ2) is 16.3. The molecule has 4 aromatic heterocycles. The Balaban J connectivity index is 0.992. The number of ether oxygens (including phenoxy) is 2. The highest BCUT2D eigenvalue weighted by Gasteiger charge is 2.39. The van der Waals surface area contributed by atoms with Crippen LogP contribution in [0.5, 0.6) is 0 Å². The van der Waals surface area contributed by atoms with Crippen molar-refractivity contribution in [2.75, 3.05) is 13.1 Å². The standard InChI is InChI=1S/C42H42N8O6S2/c1-23-24(2)36(58-35(23)28-22-46-38(48-28)30-16-10-20-50(30)40(52)34(56-42(44)54)26-13-7-4-8-14-26)32-18-17-31(57-32)27-21-45-37(47-27)29-15-9-19-49(29)39(51)33(55-41(43)53)25-11-5-3-6-12-25/h3-8,11-14,17-18,21-22,29-30,33-34H,9-10,15-16,19-20H2,1-2H3,(H2,43,53)(H2,44,54)(H,45,47)(H,46,48)/t29?,30?,33-,34-/m1/s1. The molecule has 298 valence electrons. The van der Waals surface area contributed by atoms with E-state index in [-0.39, 0.29) is 23.9 Å². The smallest absolute Gasteiger partial charge is 0.405 e. The van der Waals surface area contributed by atoms with Crippen molar-refractivity contribution < 1.29 is 28.7 Å². The van der Waals surface area contributed by atoms with E-state index in [1.807, 2.05) is 18.3 Å². The Morgan fingerprint density at radius 1 is 0.655 bits per heavy atom. The molecular formula is C42H42N8O6S2. The summed E-state index contributed by atoms with van der Waals surface area (Å²) in [6.45, 7) is 5.22. The zero-order valence-electron chi connectivity index (χ0n) is 31.8. The van der Waals surface area contributed by atoms with Gasteiger partial charge in [0, 0.05) is 34.0 Å². The van der Waals surface area contributed by atoms with E-state index in [4.69, 9.17) is 30.9 Å². The average Bonchev–Trinajstić information content (AvgIpc) is 4.08. The summed E-state index contributed by atoms with van der Waals surface area (Å²) < 4.78 is 10.6. The first-order valence-corrected chi connectivity index (χ1v) is 20.6. The minimum Gasteiger partial charge on any atom is -0.431 e. The molecule has 0 bridgehead atoms. The van der Waals surface area contributed by atoms with E-state index in [9.17, 15) is 19.2 Å². The van der Waals surface area contributed by atoms with Crippen molar-refractivity contribution in [3.63, 3.8) is 0 Å². The highest BCUT2D eigenvalue weighted by atomic mass is 32.1. The zero-order chi connectivity index (χ0) is 40.5. The maximum Gasteiger partial charge on any atom is 0.405 e. The minimum absolute atomic E-state index is 0.310. The van der Waals surface area contributed by atoms with Gasteiger partial charge in [0.1, 0.15) is 11.6 Å². The van der Waals surface area contributed by atoms with Crippen LogP contribution in [0.15, 0.2) is 85.2 Å². The number of imidazole rings is 2. The van der Waals surface area contributed by atoms with Crippen LogP contribution in [0.25, 0.3) is 30.9 Å². The number of rotatable bonds is 11. The molecule has 6 aromatic rings. The van der Waals surface area contributed by atoms with Gasteiger partial charge in [0.25, 0.3) is 11.8 Å². The lowest BCUT2D eigenvalue weighted by Crippen LogP contribution is -2.37. The molecule has 2 unspecified atom stereocenters. The summed E-state index contributed by atoms with van der Waals surface area (Å²) in [7, 11) is 0. The first-order valence-electron chi connectivity index (χ1n) is 19.0. The van der Waals surface area contributed by atoms with Crippen LogP contribution < -0.4 is 11.5 Å². The van der Waals surface area contributed by atoms with Gasteiger partial charge in [0.2, 0.25) is 12.2 Å². The van der Waals surface area contributed by atoms with Crippen molar-refractivity contribution in [2.24, 2.45) is 11.5 Å². The maximum absolute atomic E-state index is 13.8. The number of aromatic amines is 2. The van der Waals surface area contributed by atoms with Gasteiger partial charge in [-0.25, -0.2) is 19.6 Å². The lowest BCUT2D eigenvalue weighted by molar-refractivity contribution is -0.142. The third-order valence-corrected chi connectivity index (χ3v) is 13.5. The number of thiophene rings is 2. The molecule has 6 heterocycles. The van der Waals surface area contributed by atoms with Crippen molar-refractivity contribution >= 4 is 46.7 Å². The Labute approximate surface area is 342 Å². The van der Waals surface area contributed by atoms with Gasteiger partial charge in [-0.1, -0.05) is 60.7 Å². The number of hydrogen-bond acceptors (Lipinski definition) is 10. The van der Waals surface area contributed by atoms with Crippen molar-refractivity contribution in [1.29, 1.82) is 0 Å². The number of nitrogens with two attached hydrogens (primary N) is 2. The number of H-pyrrole nitrogens is 2. The molecular weight excluding hydrogens is 777 g/mol. The first kappa shape index (κ1) is 38.6. The largest absolute Gasteiger partial charge is 0.431 e. The van der Waals surface area contributed by atoms with Gasteiger partial charge < -0.3 is 40.7 Å². The van der Waals surface area contributed by atoms with Crippen molar-refractivity contribution in [1.82, 2.24) is 29.7 Å². The van der Waals surface area contributed by atoms with Gasteiger partial charge in [-0.05, 0) is 62.8 Å². The summed E-state index contributed by atoms with van der Waals surface area (Å²) in [5.41, 5.74) is 15.8. The fourth-order valence-electron chi connectivity index (χ4n) is 7.89. The number of nitrogens with zero attached hydrogens (tertiary/aromatic N) is 4. The summed E-state index contributed by atoms with van der Waals surface area (Å²) in [6.07, 6.45) is 2.28. The highest BCUT2D eigenvalue weighted by molar-refractivity contribution is 7.25. The summed E-state index contributed by atoms with van der Waals surface area (Å²) in [6, 6.07) is 21.3. The molecule has 2 aliphatic rings. The molecule has 0 radical (unpaired) electrons. The number of hydrogen-bond donors (Lipinski definition) is 4. The fraction of sp³-hybridized carbons (Fsp3) is 0.286. The number of nitrogens with one attached hydrogen (secondary N) is 2. The van der Waals surface area contributed by atoms with E-state index in [2.05, 4.69) is 35.9 Å². The van der Waals surface area contributed by atoms with Crippen LogP contribution in [0.4, 0.5) is 9.59 Å². The molecule has 2 aliphatic heterocycles. The fourth-order valence-corrected chi connectivity index (χ4v) is 10.3. The van der Waals surface area contributed by atoms with Crippen LogP contribution in [0, 0.1) is 13.8 Å². The highest BCUT2D eigenvalue weighted by Crippen LogP contribution is 2.46. The predicted molar refractivity (Wildman–Crippen MR) is 219 cm³/mol. The number of aromatic nitrogens is 4. The van der Waals surface area contributed by atoms with Crippen LogP contribution >= 0.6 is 22.7 Å². The lowest BCUT2D eigenvalue weighted by atomic mass is 10.1. The summed E-state index contributed by atoms with van der Waals surface area (Å²) in [5, 5.41) is 0. The molecule has 0 aliphatic carbocycles. The predicted octanol–water partition coefficient (Wildman–Crippen LogP) is 7.87. The molecule has 4 amide bonds. The Bertz CT molecular complexity index is 2460. The molecule has 2 saturated heterocycles. The van der Waals surface area contributed by atoms with Gasteiger partial charge in [0.15, 0.2) is 0 Å². The van der Waals surface area contributed by atoms with Gasteiger partial charge in [-0.2, -0.15) is 0 Å². The minimum atomic E-state index is -1.15. The lowest BCUT2D eigenvalue weighted by Gasteiger charge is -2.27. The van der Waals surface area contributed by atoms with E-state index in [1.54, 1.807) is 87.2 Å². The topological polar surface area (TPSA) is 203 Å². The van der Waals surface area contributed by atoms with E-state index < -0.39 is 24.4 Å². The van der Waals surface area contributed by atoms with E-state index >= 15 is 0 Å². The van der Waals surface area contributed by atoms with Gasteiger partial charge in [0.05, 0.1) is 45.6 Å².